The lowest BCUT2D eigenvalue weighted by atomic mass is 9.98. The lowest BCUT2D eigenvalue weighted by molar-refractivity contribution is 0.557. The Morgan fingerprint density at radius 3 is 3.00 bits per heavy atom. The maximum Gasteiger partial charge on any atom is 0.0410 e. The quantitative estimate of drug-likeness (QED) is 0.844. The fraction of sp³-hybridized carbons (Fsp3) is 0.538. The molecule has 0 amide bonds. The summed E-state index contributed by atoms with van der Waals surface area (Å²) in [6.07, 6.45) is 5.06. The Morgan fingerprint density at radius 1 is 1.31 bits per heavy atom. The van der Waals surface area contributed by atoms with Gasteiger partial charge >= 0.3 is 0 Å². The van der Waals surface area contributed by atoms with E-state index >= 15 is 0 Å². The molecule has 1 saturated carbocycles. The van der Waals surface area contributed by atoms with Crippen LogP contribution in [0.2, 0.25) is 5.02 Å². The molecule has 2 aliphatic rings. The first-order chi connectivity index (χ1) is 7.81. The number of hydrogen-bond donors (Lipinski definition) is 2. The normalized spacial score (nSPS) is 23.7. The number of rotatable bonds is 3. The van der Waals surface area contributed by atoms with Crippen molar-refractivity contribution in [1.82, 2.24) is 5.32 Å². The van der Waals surface area contributed by atoms with Gasteiger partial charge in [0.25, 0.3) is 0 Å². The molecule has 1 aromatic carbocycles. The van der Waals surface area contributed by atoms with Gasteiger partial charge in [-0.2, -0.15) is 0 Å². The highest BCUT2D eigenvalue weighted by Crippen LogP contribution is 2.27. The Bertz CT molecular complexity index is 388. The molecule has 1 aliphatic carbocycles. The van der Waals surface area contributed by atoms with Crippen molar-refractivity contribution in [3.8, 4) is 0 Å². The minimum atomic E-state index is 0.578. The number of halogens is 1. The van der Waals surface area contributed by atoms with E-state index in [2.05, 4.69) is 22.8 Å². The highest BCUT2D eigenvalue weighted by atomic mass is 35.5. The SMILES string of the molecule is Clc1ccc2c(c1)CCC(CNC1CC1)N2. The third kappa shape index (κ3) is 2.33. The molecule has 1 fully saturated rings. The molecule has 0 bridgehead atoms. The topological polar surface area (TPSA) is 24.1 Å². The molecule has 1 unspecified atom stereocenters. The van der Waals surface area contributed by atoms with Crippen molar-refractivity contribution < 1.29 is 0 Å². The van der Waals surface area contributed by atoms with Crippen LogP contribution in [0.25, 0.3) is 0 Å². The van der Waals surface area contributed by atoms with Gasteiger partial charge in [0, 0.05) is 29.3 Å². The van der Waals surface area contributed by atoms with Crippen LogP contribution >= 0.6 is 11.6 Å². The molecule has 3 heteroatoms. The molecule has 2 nitrogen and oxygen atoms in total. The van der Waals surface area contributed by atoms with Crippen molar-refractivity contribution in [3.05, 3.63) is 28.8 Å². The van der Waals surface area contributed by atoms with Gasteiger partial charge in [0.15, 0.2) is 0 Å². The van der Waals surface area contributed by atoms with E-state index in [0.717, 1.165) is 24.0 Å². The molecule has 3 rings (SSSR count). The van der Waals surface area contributed by atoms with Gasteiger partial charge in [0.1, 0.15) is 0 Å². The predicted octanol–water partition coefficient (Wildman–Crippen LogP) is 2.82. The molecule has 0 saturated heterocycles. The van der Waals surface area contributed by atoms with Gasteiger partial charge < -0.3 is 10.6 Å². The van der Waals surface area contributed by atoms with Gasteiger partial charge in [-0.05, 0) is 49.4 Å². The summed E-state index contributed by atoms with van der Waals surface area (Å²) in [5.74, 6) is 0. The van der Waals surface area contributed by atoms with Crippen LogP contribution in [0.5, 0.6) is 0 Å². The molecule has 16 heavy (non-hydrogen) atoms. The van der Waals surface area contributed by atoms with E-state index in [1.165, 1.54) is 30.5 Å². The third-order valence-electron chi connectivity index (χ3n) is 3.42. The van der Waals surface area contributed by atoms with Crippen LogP contribution in [0.15, 0.2) is 18.2 Å². The van der Waals surface area contributed by atoms with Gasteiger partial charge in [-0.15, -0.1) is 0 Å². The summed E-state index contributed by atoms with van der Waals surface area (Å²) in [4.78, 5) is 0. The number of fused-ring (bicyclic) bond motifs is 1. The molecule has 1 heterocycles. The van der Waals surface area contributed by atoms with Crippen molar-refractivity contribution in [2.24, 2.45) is 0 Å². The number of hydrogen-bond acceptors (Lipinski definition) is 2. The average Bonchev–Trinajstić information content (AvgIpc) is 3.10. The molecule has 1 aromatic rings. The summed E-state index contributed by atoms with van der Waals surface area (Å²) in [6, 6.07) is 7.52. The van der Waals surface area contributed by atoms with E-state index < -0.39 is 0 Å². The van der Waals surface area contributed by atoms with E-state index in [4.69, 9.17) is 11.6 Å². The van der Waals surface area contributed by atoms with Crippen LogP contribution in [-0.2, 0) is 6.42 Å². The Morgan fingerprint density at radius 2 is 2.19 bits per heavy atom. The lowest BCUT2D eigenvalue weighted by Crippen LogP contribution is -2.36. The van der Waals surface area contributed by atoms with Gasteiger partial charge in [0.05, 0.1) is 0 Å². The molecular weight excluding hydrogens is 220 g/mol. The fourth-order valence-corrected chi connectivity index (χ4v) is 2.48. The molecule has 86 valence electrons. The maximum atomic E-state index is 5.98. The number of aryl methyl sites for hydroxylation is 1. The van der Waals surface area contributed by atoms with Crippen molar-refractivity contribution in [3.63, 3.8) is 0 Å². The van der Waals surface area contributed by atoms with Crippen LogP contribution in [-0.4, -0.2) is 18.6 Å². The first-order valence-corrected chi connectivity index (χ1v) is 6.47. The summed E-state index contributed by atoms with van der Waals surface area (Å²) >= 11 is 5.98. The maximum absolute atomic E-state index is 5.98. The molecule has 0 radical (unpaired) electrons. The summed E-state index contributed by atoms with van der Waals surface area (Å²) < 4.78 is 0. The van der Waals surface area contributed by atoms with Gasteiger partial charge in [-0.1, -0.05) is 11.6 Å². The minimum Gasteiger partial charge on any atom is -0.381 e. The lowest BCUT2D eigenvalue weighted by Gasteiger charge is -2.27. The molecular formula is C13H17ClN2. The summed E-state index contributed by atoms with van der Waals surface area (Å²) in [5.41, 5.74) is 2.62. The largest absolute Gasteiger partial charge is 0.381 e. The second-order valence-corrected chi connectivity index (χ2v) is 5.30. The van der Waals surface area contributed by atoms with Crippen molar-refractivity contribution in [2.75, 3.05) is 11.9 Å². The fourth-order valence-electron chi connectivity index (χ4n) is 2.28. The highest BCUT2D eigenvalue weighted by molar-refractivity contribution is 6.30. The average molecular weight is 237 g/mol. The van der Waals surface area contributed by atoms with Crippen molar-refractivity contribution in [2.45, 2.75) is 37.8 Å². The molecule has 0 aromatic heterocycles. The smallest absolute Gasteiger partial charge is 0.0410 e. The van der Waals surface area contributed by atoms with E-state index in [1.54, 1.807) is 0 Å². The van der Waals surface area contributed by atoms with E-state index in [1.807, 2.05) is 6.07 Å². The van der Waals surface area contributed by atoms with E-state index in [9.17, 15) is 0 Å². The van der Waals surface area contributed by atoms with Crippen molar-refractivity contribution in [1.29, 1.82) is 0 Å². The van der Waals surface area contributed by atoms with Crippen LogP contribution in [0.3, 0.4) is 0 Å². The predicted molar refractivity (Wildman–Crippen MR) is 68.2 cm³/mol. The van der Waals surface area contributed by atoms with Gasteiger partial charge in [-0.3, -0.25) is 0 Å². The molecule has 0 spiro atoms. The second-order valence-electron chi connectivity index (χ2n) is 4.86. The zero-order chi connectivity index (χ0) is 11.0. The Hall–Kier alpha value is -0.730. The Labute approximate surface area is 101 Å². The summed E-state index contributed by atoms with van der Waals surface area (Å²) in [7, 11) is 0. The van der Waals surface area contributed by atoms with Crippen LogP contribution in [0.1, 0.15) is 24.8 Å². The standard InChI is InChI=1S/C13H17ClN2/c14-10-2-6-13-9(7-10)1-3-12(16-13)8-15-11-4-5-11/h2,6-7,11-12,15-16H,1,3-5,8H2. The third-order valence-corrected chi connectivity index (χ3v) is 3.65. The number of benzene rings is 1. The first-order valence-electron chi connectivity index (χ1n) is 6.09. The minimum absolute atomic E-state index is 0.578. The molecule has 1 atom stereocenters. The molecule has 2 N–H and O–H groups in total. The van der Waals surface area contributed by atoms with Crippen molar-refractivity contribution >= 4 is 17.3 Å². The van der Waals surface area contributed by atoms with E-state index in [0.29, 0.717) is 6.04 Å². The zero-order valence-corrected chi connectivity index (χ0v) is 10.1. The highest BCUT2D eigenvalue weighted by Gasteiger charge is 2.23. The summed E-state index contributed by atoms with van der Waals surface area (Å²) in [6.45, 7) is 1.09. The summed E-state index contributed by atoms with van der Waals surface area (Å²) in [5, 5.41) is 8.01. The van der Waals surface area contributed by atoms with E-state index in [-0.39, 0.29) is 0 Å². The zero-order valence-electron chi connectivity index (χ0n) is 9.30. The molecule has 1 aliphatic heterocycles. The van der Waals surface area contributed by atoms with Gasteiger partial charge in [0.2, 0.25) is 0 Å². The monoisotopic (exact) mass is 236 g/mol. The van der Waals surface area contributed by atoms with Crippen LogP contribution < -0.4 is 10.6 Å². The van der Waals surface area contributed by atoms with Crippen LogP contribution in [0.4, 0.5) is 5.69 Å². The number of nitrogens with one attached hydrogen (secondary N) is 2. The second kappa shape index (κ2) is 4.27. The Kier molecular flexibility index (Phi) is 2.78. The number of anilines is 1. The first kappa shape index (κ1) is 10.4. The Balaban J connectivity index is 1.63. The van der Waals surface area contributed by atoms with Gasteiger partial charge in [-0.25, -0.2) is 0 Å². The van der Waals surface area contributed by atoms with Crippen LogP contribution in [0, 0.1) is 0 Å².